The van der Waals surface area contributed by atoms with E-state index >= 15 is 0 Å². The summed E-state index contributed by atoms with van der Waals surface area (Å²) in [5.74, 6) is 0. The van der Waals surface area contributed by atoms with Crippen LogP contribution in [0.1, 0.15) is 0 Å². The van der Waals surface area contributed by atoms with Gasteiger partial charge in [-0.25, -0.2) is 0 Å². The third-order valence-electron chi connectivity index (χ3n) is 2.21. The van der Waals surface area contributed by atoms with Gasteiger partial charge in [0.2, 0.25) is 0 Å². The van der Waals surface area contributed by atoms with Crippen LogP contribution < -0.4 is 0 Å². The van der Waals surface area contributed by atoms with E-state index in [9.17, 15) is 0 Å². The Balaban J connectivity index is 2.91. The van der Waals surface area contributed by atoms with Crippen LogP contribution in [0, 0.1) is 0 Å². The molecule has 0 spiro atoms. The first kappa shape index (κ1) is 15.0. The maximum atomic E-state index is 2.26. The molecule has 82 valence electrons. The van der Waals surface area contributed by atoms with Crippen LogP contribution in [0.2, 0.25) is 0 Å². The second-order valence-corrected chi connectivity index (χ2v) is 11.7. The summed E-state index contributed by atoms with van der Waals surface area (Å²) in [6.07, 6.45) is 8.99. The van der Waals surface area contributed by atoms with Crippen LogP contribution in [0.5, 0.6) is 0 Å². The summed E-state index contributed by atoms with van der Waals surface area (Å²) >= 11 is 12.1. The maximum absolute atomic E-state index is 2.26. The molecule has 0 aromatic heterocycles. The molecular weight excluding hydrogens is 398 g/mol. The Morgan fingerprint density at radius 3 is 1.93 bits per heavy atom. The summed E-state index contributed by atoms with van der Waals surface area (Å²) in [6, 6.07) is 0. The SMILES string of the molecule is CSC1SC(SC)([S][Sb])C1(SC)SC. The van der Waals surface area contributed by atoms with E-state index in [0.717, 1.165) is 4.58 Å². The fourth-order valence-corrected chi connectivity index (χ4v) is 17.7. The Labute approximate surface area is 125 Å². The fourth-order valence-electron chi connectivity index (χ4n) is 1.43. The molecule has 0 saturated carbocycles. The summed E-state index contributed by atoms with van der Waals surface area (Å²) in [4.78, 5) is 0. The second kappa shape index (κ2) is 6.19. The number of rotatable bonds is 5. The zero-order chi connectivity index (χ0) is 10.8. The Kier molecular flexibility index (Phi) is 6.62. The third kappa shape index (κ3) is 2.12. The molecule has 0 aromatic carbocycles. The van der Waals surface area contributed by atoms with Gasteiger partial charge in [-0.05, 0) is 0 Å². The van der Waals surface area contributed by atoms with Crippen molar-refractivity contribution in [3.8, 4) is 0 Å². The van der Waals surface area contributed by atoms with Gasteiger partial charge in [-0.15, -0.1) is 0 Å². The van der Waals surface area contributed by atoms with Crippen molar-refractivity contribution in [3.05, 3.63) is 0 Å². The zero-order valence-corrected chi connectivity index (χ0v) is 15.9. The molecule has 2 radical (unpaired) electrons. The van der Waals surface area contributed by atoms with Gasteiger partial charge in [0.25, 0.3) is 0 Å². The predicted molar refractivity (Wildman–Crippen MR) is 84.2 cm³/mol. The molecule has 14 heavy (non-hydrogen) atoms. The van der Waals surface area contributed by atoms with E-state index in [4.69, 9.17) is 0 Å². The van der Waals surface area contributed by atoms with Gasteiger partial charge in [0.1, 0.15) is 0 Å². The molecule has 0 nitrogen and oxygen atoms in total. The van der Waals surface area contributed by atoms with Crippen LogP contribution in [0.3, 0.4) is 0 Å². The molecule has 7 heteroatoms. The standard InChI is InChI=1S/C7H14S6.Sb/c1-9-5-6(10-2,11-3)7(8,12-4)13-5;/h5,8H,1-4H3;/q;+1/p-1. The van der Waals surface area contributed by atoms with Crippen molar-refractivity contribution in [2.45, 2.75) is 12.1 Å². The van der Waals surface area contributed by atoms with E-state index in [0.29, 0.717) is 7.49 Å². The second-order valence-electron chi connectivity index (χ2n) is 2.61. The van der Waals surface area contributed by atoms with Crippen molar-refractivity contribution in [2.24, 2.45) is 0 Å². The molecule has 1 rings (SSSR count). The molecule has 0 bridgehead atoms. The van der Waals surface area contributed by atoms with E-state index in [1.54, 1.807) is 0 Å². The van der Waals surface area contributed by atoms with Crippen molar-refractivity contribution in [2.75, 3.05) is 25.0 Å². The van der Waals surface area contributed by atoms with Gasteiger partial charge < -0.3 is 0 Å². The molecule has 0 aromatic rings. The van der Waals surface area contributed by atoms with Crippen molar-refractivity contribution in [1.29, 1.82) is 0 Å². The average Bonchev–Trinajstić information content (AvgIpc) is 2.21. The Morgan fingerprint density at radius 2 is 1.64 bits per heavy atom. The molecule has 1 heterocycles. The molecule has 1 aliphatic heterocycles. The monoisotopic (exact) mass is 410 g/mol. The topological polar surface area (TPSA) is 0 Å². The first-order valence-electron chi connectivity index (χ1n) is 3.85. The first-order chi connectivity index (χ1) is 6.66. The Morgan fingerprint density at radius 1 is 1.07 bits per heavy atom. The van der Waals surface area contributed by atoms with Crippen LogP contribution in [-0.2, 0) is 0 Å². The summed E-state index contributed by atoms with van der Waals surface area (Å²) in [7, 11) is 2.06. The van der Waals surface area contributed by atoms with Crippen LogP contribution in [0.25, 0.3) is 0 Å². The molecule has 0 amide bonds. The average molecular weight is 411 g/mol. The van der Waals surface area contributed by atoms with E-state index in [2.05, 4.69) is 45.6 Å². The summed E-state index contributed by atoms with van der Waals surface area (Å²) in [5, 5.41) is 0. The molecule has 1 aliphatic rings. The number of hydrogen-bond donors (Lipinski definition) is 0. The molecule has 2 atom stereocenters. The molecule has 2 unspecified atom stereocenters. The quantitative estimate of drug-likeness (QED) is 0.497. The van der Waals surface area contributed by atoms with Gasteiger partial charge >= 0.3 is 126 Å². The third-order valence-corrected chi connectivity index (χ3v) is 17.8. The van der Waals surface area contributed by atoms with Crippen LogP contribution in [0.15, 0.2) is 0 Å². The summed E-state index contributed by atoms with van der Waals surface area (Å²) < 4.78 is 1.49. The fraction of sp³-hybridized carbons (Fsp3) is 1.00. The van der Waals surface area contributed by atoms with E-state index in [1.807, 2.05) is 68.7 Å². The number of thioether (sulfide) groups is 5. The Bertz CT molecular complexity index is 191. The van der Waals surface area contributed by atoms with Gasteiger partial charge in [0.15, 0.2) is 0 Å². The minimum atomic E-state index is 0.369. The van der Waals surface area contributed by atoms with Crippen molar-refractivity contribution in [1.82, 2.24) is 0 Å². The molecule has 1 fully saturated rings. The van der Waals surface area contributed by atoms with Gasteiger partial charge in [0.05, 0.1) is 0 Å². The Hall–Kier alpha value is 2.92. The van der Waals surface area contributed by atoms with Gasteiger partial charge in [0, 0.05) is 0 Å². The van der Waals surface area contributed by atoms with Crippen LogP contribution in [-0.4, -0.2) is 58.7 Å². The van der Waals surface area contributed by atoms with Gasteiger partial charge in [-0.3, -0.25) is 0 Å². The van der Waals surface area contributed by atoms with Crippen molar-refractivity contribution >= 4 is 89.3 Å². The van der Waals surface area contributed by atoms with E-state index in [-0.39, 0.29) is 0 Å². The van der Waals surface area contributed by atoms with Crippen molar-refractivity contribution in [3.63, 3.8) is 0 Å². The molecule has 1 saturated heterocycles. The van der Waals surface area contributed by atoms with E-state index < -0.39 is 0 Å². The summed E-state index contributed by atoms with van der Waals surface area (Å²) in [6.45, 7) is 0. The summed E-state index contributed by atoms with van der Waals surface area (Å²) in [5.41, 5.74) is 0. The number of hydrogen-bond acceptors (Lipinski definition) is 6. The van der Waals surface area contributed by atoms with E-state index in [1.165, 1.54) is 0 Å². The predicted octanol–water partition coefficient (Wildman–Crippen LogP) is 3.68. The minimum absolute atomic E-state index is 0.369. The molecule has 0 N–H and O–H groups in total. The van der Waals surface area contributed by atoms with Crippen LogP contribution in [0.4, 0.5) is 0 Å². The van der Waals surface area contributed by atoms with Gasteiger partial charge in [-0.2, -0.15) is 0 Å². The van der Waals surface area contributed by atoms with Gasteiger partial charge in [-0.1, -0.05) is 0 Å². The first-order valence-corrected chi connectivity index (χ1v) is 13.6. The van der Waals surface area contributed by atoms with Crippen molar-refractivity contribution < 1.29 is 0 Å². The van der Waals surface area contributed by atoms with Crippen LogP contribution >= 0.6 is 67.7 Å². The molecular formula is C7H13S6Sb. The normalized spacial score (nSPS) is 35.4. The molecule has 0 aliphatic carbocycles. The zero-order valence-electron chi connectivity index (χ0n) is 8.47.